The summed E-state index contributed by atoms with van der Waals surface area (Å²) in [5.41, 5.74) is 0. The molecule has 0 aliphatic heterocycles. The summed E-state index contributed by atoms with van der Waals surface area (Å²) in [6, 6.07) is 24.3. The van der Waals surface area contributed by atoms with Gasteiger partial charge in [-0.2, -0.15) is 0 Å². The molecule has 4 aromatic carbocycles. The Bertz CT molecular complexity index is 1020. The van der Waals surface area contributed by atoms with Crippen LogP contribution in [0.4, 0.5) is 17.6 Å². The Morgan fingerprint density at radius 3 is 0.839 bits per heavy atom. The van der Waals surface area contributed by atoms with Crippen LogP contribution in [0.5, 0.6) is 0 Å². The van der Waals surface area contributed by atoms with Crippen LogP contribution in [-0.2, 0) is 0 Å². The molecule has 0 unspecified atom stereocenters. The lowest BCUT2D eigenvalue weighted by atomic mass is 10.3. The molecule has 0 saturated heterocycles. The van der Waals surface area contributed by atoms with Gasteiger partial charge in [0.1, 0.15) is 23.3 Å². The lowest BCUT2D eigenvalue weighted by Gasteiger charge is -2.28. The quantitative estimate of drug-likeness (QED) is 0.309. The Labute approximate surface area is 180 Å². The van der Waals surface area contributed by atoms with E-state index in [1.165, 1.54) is 24.3 Å². The monoisotopic (exact) mass is 457 g/mol. The van der Waals surface area contributed by atoms with Gasteiger partial charge in [0, 0.05) is 37.4 Å². The third kappa shape index (κ3) is 4.70. The molecule has 4 rings (SSSR count). The van der Waals surface area contributed by atoms with E-state index in [1.54, 1.807) is 72.8 Å². The number of hydrogen-bond acceptors (Lipinski definition) is 1. The highest BCUT2D eigenvalue weighted by Gasteiger charge is 2.28. The molecule has 0 bridgehead atoms. The first-order chi connectivity index (χ1) is 15.1. The summed E-state index contributed by atoms with van der Waals surface area (Å²) in [5, 5.41) is 1.01. The van der Waals surface area contributed by atoms with Gasteiger partial charge in [0.2, 0.25) is 0 Å². The van der Waals surface area contributed by atoms with Crippen LogP contribution in [0.1, 0.15) is 0 Å². The molecule has 1 nitrogen and oxygen atoms in total. The lowest BCUT2D eigenvalue weighted by Crippen LogP contribution is -2.31. The molecule has 0 radical (unpaired) electrons. The minimum Gasteiger partial charge on any atom is -0.259 e. The summed E-state index contributed by atoms with van der Waals surface area (Å²) in [6.07, 6.45) is 0. The second-order valence-electron chi connectivity index (χ2n) is 6.58. The van der Waals surface area contributed by atoms with E-state index in [4.69, 9.17) is 0 Å². The highest BCUT2D eigenvalue weighted by atomic mass is 31.2. The summed E-state index contributed by atoms with van der Waals surface area (Å²) in [5.74, 6) is -2.05. The molecule has 0 amide bonds. The topological polar surface area (TPSA) is 12.0 Å². The molecule has 156 valence electrons. The lowest BCUT2D eigenvalue weighted by molar-refractivity contribution is 0.634. The van der Waals surface area contributed by atoms with Crippen LogP contribution in [0, 0.1) is 23.3 Å². The number of benzene rings is 4. The van der Waals surface area contributed by atoms with E-state index >= 15 is 0 Å². The molecule has 4 aromatic rings. The Morgan fingerprint density at radius 1 is 0.387 bits per heavy atom. The predicted octanol–water partition coefficient (Wildman–Crippen LogP) is 5.23. The molecule has 0 aliphatic carbocycles. The summed E-state index contributed by atoms with van der Waals surface area (Å²) < 4.78 is 59.1. The SMILES string of the molecule is Fc1ccccc1P(NP(c1ccccc1F)c1ccccc1F)c1ccccc1F. The fraction of sp³-hybridized carbons (Fsp3) is 0. The maximum atomic E-state index is 14.8. The van der Waals surface area contributed by atoms with Crippen LogP contribution in [0.2, 0.25) is 0 Å². The number of hydrogen-bond donors (Lipinski definition) is 1. The molecular weight excluding hydrogens is 440 g/mol. The zero-order chi connectivity index (χ0) is 21.8. The first kappa shape index (κ1) is 21.6. The first-order valence-electron chi connectivity index (χ1n) is 9.41. The molecule has 0 spiro atoms. The zero-order valence-corrected chi connectivity index (χ0v) is 17.9. The maximum absolute atomic E-state index is 14.8. The highest BCUT2D eigenvalue weighted by molar-refractivity contribution is 7.85. The zero-order valence-electron chi connectivity index (χ0n) is 16.1. The van der Waals surface area contributed by atoms with Crippen molar-refractivity contribution in [3.05, 3.63) is 120 Å². The third-order valence-corrected chi connectivity index (χ3v) is 9.55. The molecule has 0 saturated carbocycles. The van der Waals surface area contributed by atoms with Crippen molar-refractivity contribution in [2.24, 2.45) is 0 Å². The molecule has 7 heteroatoms. The van der Waals surface area contributed by atoms with Crippen molar-refractivity contribution in [2.75, 3.05) is 0 Å². The van der Waals surface area contributed by atoms with Crippen molar-refractivity contribution in [1.82, 2.24) is 4.86 Å². The average molecular weight is 457 g/mol. The van der Waals surface area contributed by atoms with Crippen molar-refractivity contribution in [3.8, 4) is 0 Å². The molecule has 0 atom stereocenters. The molecule has 1 N–H and O–H groups in total. The molecule has 31 heavy (non-hydrogen) atoms. The first-order valence-corrected chi connectivity index (χ1v) is 12.1. The van der Waals surface area contributed by atoms with E-state index in [0.717, 1.165) is 0 Å². The fourth-order valence-corrected chi connectivity index (χ4v) is 8.24. The Hall–Kier alpha value is -2.58. The van der Waals surface area contributed by atoms with E-state index in [9.17, 15) is 17.6 Å². The van der Waals surface area contributed by atoms with Crippen molar-refractivity contribution in [1.29, 1.82) is 0 Å². The van der Waals surface area contributed by atoms with Gasteiger partial charge in [0.05, 0.1) is 0 Å². The van der Waals surface area contributed by atoms with Gasteiger partial charge in [0.15, 0.2) is 0 Å². The Balaban J connectivity index is 1.89. The normalized spacial score (nSPS) is 11.3. The van der Waals surface area contributed by atoms with E-state index < -0.39 is 39.4 Å². The average Bonchev–Trinajstić information content (AvgIpc) is 2.78. The van der Waals surface area contributed by atoms with Gasteiger partial charge in [-0.3, -0.25) is 4.86 Å². The minimum absolute atomic E-state index is 0.253. The summed E-state index contributed by atoms with van der Waals surface area (Å²) in [7, 11) is -3.62. The highest BCUT2D eigenvalue weighted by Crippen LogP contribution is 2.43. The van der Waals surface area contributed by atoms with E-state index in [2.05, 4.69) is 4.86 Å². The van der Waals surface area contributed by atoms with Crippen molar-refractivity contribution in [3.63, 3.8) is 0 Å². The molecular formula is C24H17F4NP2. The fourth-order valence-electron chi connectivity index (χ4n) is 3.11. The van der Waals surface area contributed by atoms with E-state index in [1.807, 2.05) is 0 Å². The smallest absolute Gasteiger partial charge is 0.132 e. The Morgan fingerprint density at radius 2 is 0.613 bits per heavy atom. The van der Waals surface area contributed by atoms with Crippen molar-refractivity contribution >= 4 is 37.4 Å². The van der Waals surface area contributed by atoms with Crippen LogP contribution in [0.15, 0.2) is 97.1 Å². The number of rotatable bonds is 6. The van der Waals surface area contributed by atoms with Crippen LogP contribution < -0.4 is 26.1 Å². The van der Waals surface area contributed by atoms with Gasteiger partial charge in [-0.05, 0) is 48.5 Å². The molecule has 0 fully saturated rings. The van der Waals surface area contributed by atoms with Gasteiger partial charge in [-0.25, -0.2) is 17.6 Å². The minimum atomic E-state index is -1.81. The Kier molecular flexibility index (Phi) is 6.77. The molecule has 0 aliphatic rings. The van der Waals surface area contributed by atoms with Gasteiger partial charge in [-0.1, -0.05) is 48.5 Å². The number of nitrogens with one attached hydrogen (secondary N) is 1. The predicted molar refractivity (Wildman–Crippen MR) is 121 cm³/mol. The van der Waals surface area contributed by atoms with Crippen LogP contribution in [0.25, 0.3) is 0 Å². The second kappa shape index (κ2) is 9.70. The number of halogens is 4. The molecule has 0 heterocycles. The second-order valence-corrected chi connectivity index (χ2v) is 10.6. The van der Waals surface area contributed by atoms with Gasteiger partial charge in [0.25, 0.3) is 0 Å². The van der Waals surface area contributed by atoms with Gasteiger partial charge >= 0.3 is 0 Å². The largest absolute Gasteiger partial charge is 0.259 e. The van der Waals surface area contributed by atoms with Crippen molar-refractivity contribution in [2.45, 2.75) is 0 Å². The summed E-state index contributed by atoms with van der Waals surface area (Å²) >= 11 is 0. The van der Waals surface area contributed by atoms with E-state index in [-0.39, 0.29) is 21.2 Å². The standard InChI is InChI=1S/C24H17F4NP2/c25-17-9-1-5-13-21(17)30(22-14-6-2-10-18(22)26)29-31(23-15-7-3-11-19(23)27)24-16-8-4-12-20(24)28/h1-16,29H. The van der Waals surface area contributed by atoms with Gasteiger partial charge < -0.3 is 0 Å². The van der Waals surface area contributed by atoms with Crippen LogP contribution in [-0.4, -0.2) is 0 Å². The van der Waals surface area contributed by atoms with Crippen LogP contribution >= 0.6 is 16.1 Å². The van der Waals surface area contributed by atoms with Crippen LogP contribution in [0.3, 0.4) is 0 Å². The van der Waals surface area contributed by atoms with Gasteiger partial charge in [-0.15, -0.1) is 0 Å². The maximum Gasteiger partial charge on any atom is 0.132 e. The van der Waals surface area contributed by atoms with E-state index in [0.29, 0.717) is 0 Å². The molecule has 0 aromatic heterocycles. The third-order valence-electron chi connectivity index (χ3n) is 4.57. The summed E-state index contributed by atoms with van der Waals surface area (Å²) in [4.78, 5) is 3.25. The summed E-state index contributed by atoms with van der Waals surface area (Å²) in [6.45, 7) is 0. The van der Waals surface area contributed by atoms with Crippen molar-refractivity contribution < 1.29 is 17.6 Å².